The molecule has 0 aliphatic rings. The summed E-state index contributed by atoms with van der Waals surface area (Å²) in [6, 6.07) is 32.7. The Bertz CT molecular complexity index is 1600. The Morgan fingerprint density at radius 2 is 1.32 bits per heavy atom. The predicted molar refractivity (Wildman–Crippen MR) is 175 cm³/mol. The third-order valence-corrected chi connectivity index (χ3v) is 9.10. The van der Waals surface area contributed by atoms with Crippen LogP contribution in [0.1, 0.15) is 35.6 Å². The van der Waals surface area contributed by atoms with Gasteiger partial charge in [-0.2, -0.15) is 0 Å². The zero-order valence-electron chi connectivity index (χ0n) is 24.8. The van der Waals surface area contributed by atoms with Gasteiger partial charge in [-0.3, -0.25) is 9.59 Å². The number of rotatable bonds is 15. The second-order valence-corrected chi connectivity index (χ2v) is 12.7. The first-order valence-corrected chi connectivity index (χ1v) is 16.6. The molecule has 44 heavy (non-hydrogen) atoms. The minimum absolute atomic E-state index is 0.148. The molecule has 0 bridgehead atoms. The average Bonchev–Trinajstić information content (AvgIpc) is 3.03. The molecular formula is C35H38ClN3O4S. The summed E-state index contributed by atoms with van der Waals surface area (Å²) in [5.74, 6) is -0.395. The van der Waals surface area contributed by atoms with E-state index in [-0.39, 0.29) is 29.7 Å². The quantitative estimate of drug-likeness (QED) is 0.179. The van der Waals surface area contributed by atoms with Crippen LogP contribution in [0.4, 0.5) is 0 Å². The van der Waals surface area contributed by atoms with Crippen molar-refractivity contribution < 1.29 is 18.0 Å². The highest BCUT2D eigenvalue weighted by Gasteiger charge is 2.30. The van der Waals surface area contributed by atoms with Crippen LogP contribution in [0.15, 0.2) is 114 Å². The van der Waals surface area contributed by atoms with Gasteiger partial charge >= 0.3 is 0 Å². The molecule has 4 aromatic carbocycles. The topological polar surface area (TPSA) is 95.6 Å². The molecule has 0 aromatic heterocycles. The maximum atomic E-state index is 13.9. The molecule has 9 heteroatoms. The summed E-state index contributed by atoms with van der Waals surface area (Å²) in [6.07, 6.45) is 1.57. The summed E-state index contributed by atoms with van der Waals surface area (Å²) in [4.78, 5) is 29.6. The highest BCUT2D eigenvalue weighted by atomic mass is 35.5. The standard InChI is InChI=1S/C35H38ClN3O4S/c1-2-38-44(42,43)32-20-15-28(16-21-32)17-22-34(40)39(26-30-13-18-31(36)19-14-30)33(25-29-11-7-4-8-12-29)35(41)37-24-23-27-9-5-3-6-10-27/h3-16,18-21,33,38H,2,17,22-26H2,1H3,(H,37,41)/t33-/m1/s1. The molecule has 1 atom stereocenters. The lowest BCUT2D eigenvalue weighted by Crippen LogP contribution is -2.50. The zero-order valence-corrected chi connectivity index (χ0v) is 26.4. The number of hydrogen-bond acceptors (Lipinski definition) is 4. The van der Waals surface area contributed by atoms with E-state index < -0.39 is 16.1 Å². The molecule has 4 aromatic rings. The first-order chi connectivity index (χ1) is 21.2. The number of carbonyl (C=O) groups is 2. The number of sulfonamides is 1. The molecule has 0 aliphatic carbocycles. The number of amides is 2. The largest absolute Gasteiger partial charge is 0.354 e. The van der Waals surface area contributed by atoms with E-state index in [4.69, 9.17) is 11.6 Å². The van der Waals surface area contributed by atoms with Crippen LogP contribution in [0.3, 0.4) is 0 Å². The summed E-state index contributed by atoms with van der Waals surface area (Å²) < 4.78 is 27.1. The number of aryl methyl sites for hydroxylation is 1. The number of nitrogens with zero attached hydrogens (tertiary/aromatic N) is 1. The smallest absolute Gasteiger partial charge is 0.243 e. The van der Waals surface area contributed by atoms with Crippen molar-refractivity contribution in [2.45, 2.75) is 50.1 Å². The first-order valence-electron chi connectivity index (χ1n) is 14.7. The van der Waals surface area contributed by atoms with E-state index in [1.54, 1.807) is 48.2 Å². The van der Waals surface area contributed by atoms with Crippen molar-refractivity contribution in [1.29, 1.82) is 0 Å². The molecule has 4 rings (SSSR count). The minimum atomic E-state index is -3.56. The molecule has 2 N–H and O–H groups in total. The van der Waals surface area contributed by atoms with Gasteiger partial charge in [0.1, 0.15) is 6.04 Å². The lowest BCUT2D eigenvalue weighted by atomic mass is 10.0. The molecule has 230 valence electrons. The molecule has 7 nitrogen and oxygen atoms in total. The molecule has 0 saturated carbocycles. The summed E-state index contributed by atoms with van der Waals surface area (Å²) in [6.45, 7) is 2.70. The molecule has 0 heterocycles. The van der Waals surface area contributed by atoms with E-state index in [9.17, 15) is 18.0 Å². The maximum absolute atomic E-state index is 13.9. The van der Waals surface area contributed by atoms with Crippen molar-refractivity contribution in [3.8, 4) is 0 Å². The summed E-state index contributed by atoms with van der Waals surface area (Å²) in [5, 5.41) is 3.66. The van der Waals surface area contributed by atoms with Crippen molar-refractivity contribution in [3.63, 3.8) is 0 Å². The van der Waals surface area contributed by atoms with Crippen LogP contribution < -0.4 is 10.0 Å². The van der Waals surface area contributed by atoms with Crippen LogP contribution in [0.2, 0.25) is 5.02 Å². The van der Waals surface area contributed by atoms with Gasteiger partial charge in [0.15, 0.2) is 0 Å². The van der Waals surface area contributed by atoms with E-state index >= 15 is 0 Å². The van der Waals surface area contributed by atoms with Gasteiger partial charge in [0.25, 0.3) is 0 Å². The van der Waals surface area contributed by atoms with Crippen molar-refractivity contribution in [1.82, 2.24) is 14.9 Å². The van der Waals surface area contributed by atoms with Crippen molar-refractivity contribution >= 4 is 33.4 Å². The normalized spacial score (nSPS) is 12.0. The van der Waals surface area contributed by atoms with Crippen LogP contribution in [-0.2, 0) is 45.4 Å². The van der Waals surface area contributed by atoms with E-state index in [1.807, 2.05) is 72.8 Å². The SMILES string of the molecule is CCNS(=O)(=O)c1ccc(CCC(=O)N(Cc2ccc(Cl)cc2)[C@H](Cc2ccccc2)C(=O)NCCc2ccccc2)cc1. The first kappa shape index (κ1) is 32.9. The molecule has 0 spiro atoms. The summed E-state index contributed by atoms with van der Waals surface area (Å²) in [5.41, 5.74) is 3.75. The Morgan fingerprint density at radius 3 is 1.93 bits per heavy atom. The fourth-order valence-electron chi connectivity index (χ4n) is 4.94. The third kappa shape index (κ3) is 9.77. The Morgan fingerprint density at radius 1 is 0.750 bits per heavy atom. The van der Waals surface area contributed by atoms with Gasteiger partial charge in [-0.15, -0.1) is 0 Å². The van der Waals surface area contributed by atoms with Gasteiger partial charge in [-0.1, -0.05) is 103 Å². The van der Waals surface area contributed by atoms with Crippen molar-refractivity contribution in [2.24, 2.45) is 0 Å². The van der Waals surface area contributed by atoms with Gasteiger partial charge < -0.3 is 10.2 Å². The van der Waals surface area contributed by atoms with E-state index in [1.165, 1.54) is 0 Å². The average molecular weight is 632 g/mol. The molecular weight excluding hydrogens is 594 g/mol. The van der Waals surface area contributed by atoms with E-state index in [2.05, 4.69) is 10.0 Å². The molecule has 0 saturated heterocycles. The molecule has 0 aliphatic heterocycles. The molecule has 0 unspecified atom stereocenters. The monoisotopic (exact) mass is 631 g/mol. The van der Waals surface area contributed by atoms with Crippen LogP contribution in [-0.4, -0.2) is 44.3 Å². The fraction of sp³-hybridized carbons (Fsp3) is 0.257. The second kappa shape index (κ2) is 16.2. The molecule has 0 radical (unpaired) electrons. The predicted octanol–water partition coefficient (Wildman–Crippen LogP) is 5.57. The summed E-state index contributed by atoms with van der Waals surface area (Å²) >= 11 is 6.13. The lowest BCUT2D eigenvalue weighted by Gasteiger charge is -2.32. The number of hydrogen-bond donors (Lipinski definition) is 2. The van der Waals surface area contributed by atoms with Crippen LogP contribution in [0.5, 0.6) is 0 Å². The zero-order chi connectivity index (χ0) is 31.4. The number of benzene rings is 4. The van der Waals surface area contributed by atoms with Gasteiger partial charge in [0.05, 0.1) is 4.90 Å². The van der Waals surface area contributed by atoms with Gasteiger partial charge in [-0.05, 0) is 59.4 Å². The van der Waals surface area contributed by atoms with Crippen LogP contribution >= 0.6 is 11.6 Å². The van der Waals surface area contributed by atoms with Crippen molar-refractivity contribution in [3.05, 3.63) is 136 Å². The Balaban J connectivity index is 1.55. The maximum Gasteiger partial charge on any atom is 0.243 e. The highest BCUT2D eigenvalue weighted by molar-refractivity contribution is 7.89. The highest BCUT2D eigenvalue weighted by Crippen LogP contribution is 2.19. The third-order valence-electron chi connectivity index (χ3n) is 7.29. The molecule has 0 fully saturated rings. The number of carbonyl (C=O) groups excluding carboxylic acids is 2. The second-order valence-electron chi connectivity index (χ2n) is 10.5. The van der Waals surface area contributed by atoms with Gasteiger partial charge in [0, 0.05) is 37.5 Å². The lowest BCUT2D eigenvalue weighted by molar-refractivity contribution is -0.141. The Hall–Kier alpha value is -3.98. The Labute approximate surface area is 265 Å². The van der Waals surface area contributed by atoms with Crippen LogP contribution in [0.25, 0.3) is 0 Å². The van der Waals surface area contributed by atoms with Crippen molar-refractivity contribution in [2.75, 3.05) is 13.1 Å². The Kier molecular flexibility index (Phi) is 12.1. The van der Waals surface area contributed by atoms with Gasteiger partial charge in [-0.25, -0.2) is 13.1 Å². The minimum Gasteiger partial charge on any atom is -0.354 e. The fourth-order valence-corrected chi connectivity index (χ4v) is 6.10. The van der Waals surface area contributed by atoms with E-state index in [0.717, 1.165) is 22.3 Å². The van der Waals surface area contributed by atoms with Crippen LogP contribution in [0, 0.1) is 0 Å². The van der Waals surface area contributed by atoms with E-state index in [0.29, 0.717) is 37.4 Å². The number of nitrogens with one attached hydrogen (secondary N) is 2. The summed E-state index contributed by atoms with van der Waals surface area (Å²) in [7, 11) is -3.56. The van der Waals surface area contributed by atoms with Gasteiger partial charge in [0.2, 0.25) is 21.8 Å². The number of halogens is 1. The molecule has 2 amide bonds.